The van der Waals surface area contributed by atoms with Crippen molar-refractivity contribution >= 4 is 17.4 Å². The van der Waals surface area contributed by atoms with Gasteiger partial charge in [-0.2, -0.15) is 0 Å². The molecule has 1 amide bonds. The Labute approximate surface area is 98.1 Å². The topological polar surface area (TPSA) is 83.6 Å². The second-order valence-electron chi connectivity index (χ2n) is 3.86. The second kappa shape index (κ2) is 4.29. The fourth-order valence-electron chi connectivity index (χ4n) is 1.91. The van der Waals surface area contributed by atoms with Crippen molar-refractivity contribution in [1.82, 2.24) is 4.90 Å². The number of aliphatic carboxylic acids is 1. The Bertz CT molecular complexity index is 508. The van der Waals surface area contributed by atoms with Crippen LogP contribution in [0.2, 0.25) is 0 Å². The van der Waals surface area contributed by atoms with Crippen molar-refractivity contribution in [3.8, 4) is 0 Å². The lowest BCUT2D eigenvalue weighted by atomic mass is 9.96. The number of amides is 1. The highest BCUT2D eigenvalue weighted by molar-refractivity contribution is 6.19. The molecule has 88 valence electrons. The number of carboxylic acid groups (broad SMARTS) is 1. The van der Waals surface area contributed by atoms with Crippen LogP contribution in [-0.4, -0.2) is 28.4 Å². The number of primary amides is 1. The van der Waals surface area contributed by atoms with Crippen LogP contribution in [0.3, 0.4) is 0 Å². The smallest absolute Gasteiger partial charge is 0.323 e. The highest BCUT2D eigenvalue weighted by Gasteiger charge is 2.21. The van der Waals surface area contributed by atoms with E-state index in [4.69, 9.17) is 10.8 Å². The second-order valence-corrected chi connectivity index (χ2v) is 3.86. The molecule has 0 bridgehead atoms. The molecule has 5 nitrogen and oxygen atoms in total. The summed E-state index contributed by atoms with van der Waals surface area (Å²) in [6.07, 6.45) is 1.51. The van der Waals surface area contributed by atoms with E-state index in [1.165, 1.54) is 6.20 Å². The minimum Gasteiger partial charge on any atom is -0.480 e. The molecule has 0 atom stereocenters. The standard InChI is InChI=1S/C12H12N2O3/c13-12(17)10-6-14(7-11(15)16)5-8-3-1-2-4-9(8)10/h1-4,6H,5,7H2,(H2,13,17)(H,15,16). The average Bonchev–Trinajstić information content (AvgIpc) is 2.27. The number of carboxylic acids is 1. The number of rotatable bonds is 3. The molecule has 2 rings (SSSR count). The van der Waals surface area contributed by atoms with Crippen LogP contribution < -0.4 is 5.73 Å². The summed E-state index contributed by atoms with van der Waals surface area (Å²) in [5.74, 6) is -1.49. The average molecular weight is 232 g/mol. The third kappa shape index (κ3) is 2.28. The highest BCUT2D eigenvalue weighted by Crippen LogP contribution is 2.25. The zero-order chi connectivity index (χ0) is 12.4. The molecule has 0 radical (unpaired) electrons. The van der Waals surface area contributed by atoms with Crippen LogP contribution in [-0.2, 0) is 16.1 Å². The summed E-state index contributed by atoms with van der Waals surface area (Å²) < 4.78 is 0. The zero-order valence-corrected chi connectivity index (χ0v) is 9.09. The minimum atomic E-state index is -0.940. The predicted molar refractivity (Wildman–Crippen MR) is 61.7 cm³/mol. The van der Waals surface area contributed by atoms with Gasteiger partial charge in [-0.15, -0.1) is 0 Å². The Morgan fingerprint density at radius 1 is 1.35 bits per heavy atom. The van der Waals surface area contributed by atoms with Gasteiger partial charge in [-0.1, -0.05) is 24.3 Å². The molecular weight excluding hydrogens is 220 g/mol. The first-order valence-electron chi connectivity index (χ1n) is 5.13. The van der Waals surface area contributed by atoms with Gasteiger partial charge in [-0.25, -0.2) is 0 Å². The van der Waals surface area contributed by atoms with Crippen molar-refractivity contribution in [2.24, 2.45) is 5.73 Å². The number of carbonyl (C=O) groups is 2. The molecule has 0 aliphatic carbocycles. The van der Waals surface area contributed by atoms with Gasteiger partial charge in [0.1, 0.15) is 6.54 Å². The van der Waals surface area contributed by atoms with Gasteiger partial charge in [0, 0.05) is 12.7 Å². The molecule has 5 heteroatoms. The van der Waals surface area contributed by atoms with E-state index in [0.29, 0.717) is 12.1 Å². The van der Waals surface area contributed by atoms with Gasteiger partial charge in [-0.05, 0) is 11.1 Å². The fraction of sp³-hybridized carbons (Fsp3) is 0.167. The lowest BCUT2D eigenvalue weighted by Gasteiger charge is -2.26. The van der Waals surface area contributed by atoms with E-state index in [1.807, 2.05) is 24.3 Å². The molecule has 3 N–H and O–H groups in total. The van der Waals surface area contributed by atoms with Crippen LogP contribution in [0.5, 0.6) is 0 Å². The number of nitrogens with two attached hydrogens (primary N) is 1. The Kier molecular flexibility index (Phi) is 2.82. The van der Waals surface area contributed by atoms with Crippen molar-refractivity contribution in [3.05, 3.63) is 41.6 Å². The molecule has 1 aromatic rings. The molecule has 1 heterocycles. The minimum absolute atomic E-state index is 0.148. The quantitative estimate of drug-likeness (QED) is 0.790. The molecular formula is C12H12N2O3. The maximum absolute atomic E-state index is 11.3. The lowest BCUT2D eigenvalue weighted by molar-refractivity contribution is -0.137. The van der Waals surface area contributed by atoms with Gasteiger partial charge >= 0.3 is 5.97 Å². The molecule has 1 aliphatic rings. The van der Waals surface area contributed by atoms with E-state index in [-0.39, 0.29) is 6.54 Å². The maximum atomic E-state index is 11.3. The number of nitrogens with zero attached hydrogens (tertiary/aromatic N) is 1. The first-order valence-corrected chi connectivity index (χ1v) is 5.13. The van der Waals surface area contributed by atoms with Crippen molar-refractivity contribution in [2.45, 2.75) is 6.54 Å². The van der Waals surface area contributed by atoms with Crippen LogP contribution in [0.1, 0.15) is 11.1 Å². The van der Waals surface area contributed by atoms with E-state index in [2.05, 4.69) is 0 Å². The number of fused-ring (bicyclic) bond motifs is 1. The molecule has 1 aliphatic heterocycles. The third-order valence-electron chi connectivity index (χ3n) is 2.60. The summed E-state index contributed by atoms with van der Waals surface area (Å²) in [7, 11) is 0. The largest absolute Gasteiger partial charge is 0.480 e. The molecule has 1 aromatic carbocycles. The Hall–Kier alpha value is -2.30. The van der Waals surface area contributed by atoms with Crippen LogP contribution in [0.4, 0.5) is 0 Å². The lowest BCUT2D eigenvalue weighted by Crippen LogP contribution is -2.30. The van der Waals surface area contributed by atoms with E-state index in [0.717, 1.165) is 11.1 Å². The van der Waals surface area contributed by atoms with Gasteiger partial charge in [0.2, 0.25) is 0 Å². The number of benzene rings is 1. The molecule has 0 fully saturated rings. The summed E-state index contributed by atoms with van der Waals surface area (Å²) in [4.78, 5) is 23.6. The summed E-state index contributed by atoms with van der Waals surface area (Å²) in [6, 6.07) is 7.34. The first-order chi connectivity index (χ1) is 8.08. The van der Waals surface area contributed by atoms with E-state index < -0.39 is 11.9 Å². The predicted octanol–water partition coefficient (Wildman–Crippen LogP) is 0.413. The van der Waals surface area contributed by atoms with E-state index in [1.54, 1.807) is 4.90 Å². The van der Waals surface area contributed by atoms with Gasteiger partial charge in [-0.3, -0.25) is 9.59 Å². The summed E-state index contributed by atoms with van der Waals surface area (Å²) in [5.41, 5.74) is 7.34. The van der Waals surface area contributed by atoms with E-state index >= 15 is 0 Å². The van der Waals surface area contributed by atoms with Crippen LogP contribution >= 0.6 is 0 Å². The number of hydrogen-bond donors (Lipinski definition) is 2. The van der Waals surface area contributed by atoms with Crippen molar-refractivity contribution < 1.29 is 14.7 Å². The first kappa shape index (κ1) is 11.2. The Morgan fingerprint density at radius 2 is 2.06 bits per heavy atom. The third-order valence-corrected chi connectivity index (χ3v) is 2.60. The van der Waals surface area contributed by atoms with Gasteiger partial charge in [0.25, 0.3) is 5.91 Å². The molecule has 0 aromatic heterocycles. The summed E-state index contributed by atoms with van der Waals surface area (Å²) in [5, 5.41) is 8.75. The number of hydrogen-bond acceptors (Lipinski definition) is 3. The monoisotopic (exact) mass is 232 g/mol. The van der Waals surface area contributed by atoms with Gasteiger partial charge in [0.15, 0.2) is 0 Å². The van der Waals surface area contributed by atoms with Gasteiger partial charge in [0.05, 0.1) is 5.57 Å². The van der Waals surface area contributed by atoms with E-state index in [9.17, 15) is 9.59 Å². The van der Waals surface area contributed by atoms with Crippen LogP contribution in [0.25, 0.3) is 5.57 Å². The molecule has 0 saturated heterocycles. The van der Waals surface area contributed by atoms with Gasteiger partial charge < -0.3 is 15.7 Å². The Balaban J connectivity index is 2.40. The normalized spacial score (nSPS) is 13.9. The Morgan fingerprint density at radius 3 is 2.71 bits per heavy atom. The molecule has 0 unspecified atom stereocenters. The van der Waals surface area contributed by atoms with Crippen molar-refractivity contribution in [2.75, 3.05) is 6.54 Å². The SMILES string of the molecule is NC(=O)C1=CN(CC(=O)O)Cc2ccccc21. The molecule has 17 heavy (non-hydrogen) atoms. The number of carbonyl (C=O) groups excluding carboxylic acids is 1. The van der Waals surface area contributed by atoms with Crippen LogP contribution in [0, 0.1) is 0 Å². The maximum Gasteiger partial charge on any atom is 0.323 e. The highest BCUT2D eigenvalue weighted by atomic mass is 16.4. The van der Waals surface area contributed by atoms with Crippen molar-refractivity contribution in [3.63, 3.8) is 0 Å². The summed E-state index contributed by atoms with van der Waals surface area (Å²) >= 11 is 0. The van der Waals surface area contributed by atoms with Crippen LogP contribution in [0.15, 0.2) is 30.5 Å². The zero-order valence-electron chi connectivity index (χ0n) is 9.09. The van der Waals surface area contributed by atoms with Crippen molar-refractivity contribution in [1.29, 1.82) is 0 Å². The molecule has 0 spiro atoms. The summed E-state index contributed by atoms with van der Waals surface area (Å²) in [6.45, 7) is 0.324. The molecule has 0 saturated carbocycles. The fourth-order valence-corrected chi connectivity index (χ4v) is 1.91.